The molecule has 1 aromatic carbocycles. The van der Waals surface area contributed by atoms with Gasteiger partial charge in [0.15, 0.2) is 0 Å². The van der Waals surface area contributed by atoms with Gasteiger partial charge in [-0.1, -0.05) is 0 Å². The highest BCUT2D eigenvalue weighted by Gasteiger charge is 2.24. The molecule has 102 valence electrons. The molecule has 0 spiro atoms. The fourth-order valence-electron chi connectivity index (χ4n) is 1.50. The number of rotatable bonds is 5. The zero-order valence-electron chi connectivity index (χ0n) is 10.2. The third kappa shape index (κ3) is 3.09. The zero-order valence-corrected chi connectivity index (χ0v) is 12.6. The van der Waals surface area contributed by atoms with Crippen LogP contribution < -0.4 is 0 Å². The lowest BCUT2D eigenvalue weighted by atomic mass is 10.2. The summed E-state index contributed by atoms with van der Waals surface area (Å²) in [6.45, 7) is 1.52. The number of hydrogen-bond acceptors (Lipinski definition) is 3. The lowest BCUT2D eigenvalue weighted by Gasteiger charge is -2.18. The second-order valence-electron chi connectivity index (χ2n) is 3.89. The topological polar surface area (TPSA) is 57.6 Å². The first-order valence-corrected chi connectivity index (χ1v) is 7.57. The first kappa shape index (κ1) is 15.6. The van der Waals surface area contributed by atoms with Gasteiger partial charge >= 0.3 is 0 Å². The lowest BCUT2D eigenvalue weighted by Crippen LogP contribution is -2.29. The van der Waals surface area contributed by atoms with E-state index in [0.29, 0.717) is 6.42 Å². The molecule has 18 heavy (non-hydrogen) atoms. The van der Waals surface area contributed by atoms with Crippen molar-refractivity contribution in [3.8, 4) is 0 Å². The minimum atomic E-state index is -3.72. The highest BCUT2D eigenvalue weighted by atomic mass is 79.9. The Morgan fingerprint density at radius 1 is 1.44 bits per heavy atom. The standard InChI is InChI=1S/C11H15BrFNO3S/c1-8-10(5-4-9(12)11(8)13)18(16,17)14(2)6-3-7-15/h4-5,15H,3,6-7H2,1-2H3. The van der Waals surface area contributed by atoms with E-state index in [4.69, 9.17) is 5.11 Å². The molecule has 0 aliphatic carbocycles. The molecule has 7 heteroatoms. The van der Waals surface area contributed by atoms with Crippen molar-refractivity contribution in [1.29, 1.82) is 0 Å². The predicted molar refractivity (Wildman–Crippen MR) is 70.4 cm³/mol. The first-order valence-electron chi connectivity index (χ1n) is 5.34. The number of benzene rings is 1. The van der Waals surface area contributed by atoms with Crippen LogP contribution in [0.25, 0.3) is 0 Å². The van der Waals surface area contributed by atoms with Crippen LogP contribution >= 0.6 is 15.9 Å². The average molecular weight is 340 g/mol. The number of nitrogens with zero attached hydrogens (tertiary/aromatic N) is 1. The van der Waals surface area contributed by atoms with E-state index in [2.05, 4.69) is 15.9 Å². The Labute approximate surface area is 115 Å². The zero-order chi connectivity index (χ0) is 13.9. The number of sulfonamides is 1. The van der Waals surface area contributed by atoms with E-state index in [9.17, 15) is 12.8 Å². The van der Waals surface area contributed by atoms with Crippen molar-refractivity contribution in [2.45, 2.75) is 18.2 Å². The number of aliphatic hydroxyl groups excluding tert-OH is 1. The molecular weight excluding hydrogens is 325 g/mol. The molecule has 0 fully saturated rings. The van der Waals surface area contributed by atoms with Crippen molar-refractivity contribution in [3.63, 3.8) is 0 Å². The largest absolute Gasteiger partial charge is 0.396 e. The highest BCUT2D eigenvalue weighted by Crippen LogP contribution is 2.26. The van der Waals surface area contributed by atoms with Gasteiger partial charge in [0.25, 0.3) is 0 Å². The van der Waals surface area contributed by atoms with Gasteiger partial charge in [0.1, 0.15) is 5.82 Å². The molecule has 1 rings (SSSR count). The molecular formula is C11H15BrFNO3S. The normalized spacial score (nSPS) is 12.1. The molecule has 0 aromatic heterocycles. The summed E-state index contributed by atoms with van der Waals surface area (Å²) in [6, 6.07) is 2.74. The van der Waals surface area contributed by atoms with E-state index in [0.717, 1.165) is 4.31 Å². The maximum atomic E-state index is 13.7. The molecule has 0 aliphatic rings. The van der Waals surface area contributed by atoms with Crippen LogP contribution in [0, 0.1) is 12.7 Å². The van der Waals surface area contributed by atoms with Gasteiger partial charge < -0.3 is 5.11 Å². The molecule has 1 N–H and O–H groups in total. The van der Waals surface area contributed by atoms with E-state index in [-0.39, 0.29) is 28.1 Å². The fourth-order valence-corrected chi connectivity index (χ4v) is 3.35. The number of aliphatic hydroxyl groups is 1. The van der Waals surface area contributed by atoms with Gasteiger partial charge in [0.05, 0.1) is 9.37 Å². The van der Waals surface area contributed by atoms with Crippen LogP contribution in [-0.2, 0) is 10.0 Å². The van der Waals surface area contributed by atoms with E-state index < -0.39 is 15.8 Å². The Morgan fingerprint density at radius 3 is 2.61 bits per heavy atom. The number of hydrogen-bond donors (Lipinski definition) is 1. The second-order valence-corrected chi connectivity index (χ2v) is 6.76. The van der Waals surface area contributed by atoms with Crippen molar-refractivity contribution in [2.75, 3.05) is 20.2 Å². The highest BCUT2D eigenvalue weighted by molar-refractivity contribution is 9.10. The fraction of sp³-hybridized carbons (Fsp3) is 0.455. The monoisotopic (exact) mass is 339 g/mol. The van der Waals surface area contributed by atoms with Gasteiger partial charge in [-0.2, -0.15) is 0 Å². The molecule has 0 atom stereocenters. The van der Waals surface area contributed by atoms with Crippen LogP contribution in [0.4, 0.5) is 4.39 Å². The first-order chi connectivity index (χ1) is 8.32. The molecule has 0 saturated heterocycles. The van der Waals surface area contributed by atoms with Crippen LogP contribution in [0.5, 0.6) is 0 Å². The van der Waals surface area contributed by atoms with E-state index in [1.807, 2.05) is 0 Å². The molecule has 4 nitrogen and oxygen atoms in total. The SMILES string of the molecule is Cc1c(S(=O)(=O)N(C)CCCO)ccc(Br)c1F. The molecule has 0 unspecified atom stereocenters. The third-order valence-electron chi connectivity index (χ3n) is 2.61. The maximum absolute atomic E-state index is 13.7. The molecule has 0 radical (unpaired) electrons. The lowest BCUT2D eigenvalue weighted by molar-refractivity contribution is 0.275. The van der Waals surface area contributed by atoms with Crippen LogP contribution in [-0.4, -0.2) is 38.0 Å². The smallest absolute Gasteiger partial charge is 0.243 e. The molecule has 0 bridgehead atoms. The van der Waals surface area contributed by atoms with E-state index in [1.165, 1.54) is 26.1 Å². The Bertz CT molecular complexity index is 533. The summed E-state index contributed by atoms with van der Waals surface area (Å²) in [5.41, 5.74) is 0.0835. The van der Waals surface area contributed by atoms with Crippen molar-refractivity contribution in [1.82, 2.24) is 4.31 Å². The van der Waals surface area contributed by atoms with Crippen LogP contribution in [0.3, 0.4) is 0 Å². The Kier molecular flexibility index (Phi) is 5.27. The van der Waals surface area contributed by atoms with Crippen molar-refractivity contribution >= 4 is 26.0 Å². The summed E-state index contributed by atoms with van der Waals surface area (Å²) >= 11 is 3.01. The minimum absolute atomic E-state index is 0.0522. The molecule has 0 amide bonds. The molecule has 0 heterocycles. The van der Waals surface area contributed by atoms with E-state index in [1.54, 1.807) is 0 Å². The summed E-state index contributed by atoms with van der Waals surface area (Å²) in [6.07, 6.45) is 0.341. The van der Waals surface area contributed by atoms with E-state index >= 15 is 0 Å². The third-order valence-corrected chi connectivity index (χ3v) is 5.22. The summed E-state index contributed by atoms with van der Waals surface area (Å²) in [4.78, 5) is -0.0522. The van der Waals surface area contributed by atoms with Crippen LogP contribution in [0.1, 0.15) is 12.0 Å². The number of halogens is 2. The Morgan fingerprint density at radius 2 is 2.06 bits per heavy atom. The quantitative estimate of drug-likeness (QED) is 0.891. The summed E-state index contributed by atoms with van der Waals surface area (Å²) in [5, 5.41) is 8.70. The van der Waals surface area contributed by atoms with Gasteiger partial charge in [-0.05, 0) is 41.4 Å². The minimum Gasteiger partial charge on any atom is -0.396 e. The van der Waals surface area contributed by atoms with Gasteiger partial charge in [-0.3, -0.25) is 0 Å². The second kappa shape index (κ2) is 6.10. The van der Waals surface area contributed by atoms with Gasteiger partial charge in [0.2, 0.25) is 10.0 Å². The average Bonchev–Trinajstić information content (AvgIpc) is 2.32. The van der Waals surface area contributed by atoms with Gasteiger partial charge in [-0.25, -0.2) is 17.1 Å². The summed E-state index contributed by atoms with van der Waals surface area (Å²) in [7, 11) is -2.31. The maximum Gasteiger partial charge on any atom is 0.243 e. The van der Waals surface area contributed by atoms with Crippen molar-refractivity contribution in [2.24, 2.45) is 0 Å². The van der Waals surface area contributed by atoms with Crippen molar-refractivity contribution < 1.29 is 17.9 Å². The molecule has 0 aliphatic heterocycles. The molecule has 0 saturated carbocycles. The summed E-state index contributed by atoms with van der Waals surface area (Å²) in [5.74, 6) is -0.577. The Hall–Kier alpha value is -0.500. The van der Waals surface area contributed by atoms with Crippen LogP contribution in [0.15, 0.2) is 21.5 Å². The van der Waals surface area contributed by atoms with Gasteiger partial charge in [-0.15, -0.1) is 0 Å². The predicted octanol–water partition coefficient (Wildman–Crippen LogP) is 1.90. The Balaban J connectivity index is 3.17. The molecule has 1 aromatic rings. The van der Waals surface area contributed by atoms with Crippen LogP contribution in [0.2, 0.25) is 0 Å². The van der Waals surface area contributed by atoms with Gasteiger partial charge in [0, 0.05) is 25.8 Å². The van der Waals surface area contributed by atoms with Crippen molar-refractivity contribution in [3.05, 3.63) is 28.0 Å². The summed E-state index contributed by atoms with van der Waals surface area (Å²) < 4.78 is 39.4.